The van der Waals surface area contributed by atoms with Gasteiger partial charge in [-0.1, -0.05) is 0 Å². The molecule has 1 aliphatic heterocycles. The minimum absolute atomic E-state index is 0.106. The molecule has 2 aliphatic rings. The minimum atomic E-state index is -4.53. The van der Waals surface area contributed by atoms with E-state index in [9.17, 15) is 17.6 Å². The van der Waals surface area contributed by atoms with E-state index < -0.39 is 17.6 Å². The highest BCUT2D eigenvalue weighted by atomic mass is 19.4. The van der Waals surface area contributed by atoms with Gasteiger partial charge in [-0.15, -0.1) is 0 Å². The molecule has 1 spiro atoms. The average Bonchev–Trinajstić information content (AvgIpc) is 2.25. The smallest absolute Gasteiger partial charge is 0.416 e. The van der Waals surface area contributed by atoms with E-state index in [1.807, 2.05) is 0 Å². The Bertz CT molecular complexity index is 502. The summed E-state index contributed by atoms with van der Waals surface area (Å²) in [4.78, 5) is 0. The first-order valence-electron chi connectivity index (χ1n) is 6.58. The Hall–Kier alpha value is -1.30. The Balaban J connectivity index is 1.55. The van der Waals surface area contributed by atoms with Gasteiger partial charge < -0.3 is 10.1 Å². The zero-order valence-electron chi connectivity index (χ0n) is 10.8. The van der Waals surface area contributed by atoms with Crippen LogP contribution in [0.2, 0.25) is 0 Å². The zero-order valence-corrected chi connectivity index (χ0v) is 10.8. The number of hydrogen-bond donors (Lipinski definition) is 1. The maximum absolute atomic E-state index is 13.5. The Morgan fingerprint density at radius 1 is 1.25 bits per heavy atom. The Kier molecular flexibility index (Phi) is 3.16. The topological polar surface area (TPSA) is 21.3 Å². The van der Waals surface area contributed by atoms with E-state index in [0.29, 0.717) is 24.0 Å². The van der Waals surface area contributed by atoms with Crippen LogP contribution in [0.25, 0.3) is 0 Å². The van der Waals surface area contributed by atoms with Gasteiger partial charge in [0, 0.05) is 13.1 Å². The van der Waals surface area contributed by atoms with Gasteiger partial charge in [0.05, 0.1) is 12.2 Å². The van der Waals surface area contributed by atoms with Crippen molar-refractivity contribution >= 4 is 0 Å². The lowest BCUT2D eigenvalue weighted by Gasteiger charge is -2.54. The molecule has 1 aliphatic carbocycles. The minimum Gasteiger partial charge on any atom is -0.490 e. The predicted octanol–water partition coefficient (Wildman–Crippen LogP) is 3.22. The van der Waals surface area contributed by atoms with Gasteiger partial charge in [0.1, 0.15) is 0 Å². The number of halogens is 4. The first kappa shape index (κ1) is 13.7. The highest BCUT2D eigenvalue weighted by molar-refractivity contribution is 5.30. The molecule has 1 N–H and O–H groups in total. The first-order valence-corrected chi connectivity index (χ1v) is 6.58. The maximum Gasteiger partial charge on any atom is 0.416 e. The summed E-state index contributed by atoms with van der Waals surface area (Å²) >= 11 is 0. The molecule has 20 heavy (non-hydrogen) atoms. The van der Waals surface area contributed by atoms with E-state index in [2.05, 4.69) is 5.32 Å². The predicted molar refractivity (Wildman–Crippen MR) is 64.9 cm³/mol. The van der Waals surface area contributed by atoms with Crippen LogP contribution < -0.4 is 10.1 Å². The van der Waals surface area contributed by atoms with Crippen molar-refractivity contribution in [3.05, 3.63) is 29.6 Å². The number of hydrogen-bond acceptors (Lipinski definition) is 2. The number of rotatable bonds is 3. The molecule has 1 aromatic carbocycles. The molecular weight excluding hydrogens is 274 g/mol. The fraction of sp³-hybridized carbons (Fsp3) is 0.571. The summed E-state index contributed by atoms with van der Waals surface area (Å²) in [6.07, 6.45) is -2.44. The van der Waals surface area contributed by atoms with Crippen molar-refractivity contribution in [3.63, 3.8) is 0 Å². The van der Waals surface area contributed by atoms with Gasteiger partial charge in [-0.25, -0.2) is 4.39 Å². The third kappa shape index (κ3) is 2.49. The summed E-state index contributed by atoms with van der Waals surface area (Å²) in [5, 5.41) is 3.22. The van der Waals surface area contributed by atoms with Crippen LogP contribution >= 0.6 is 0 Å². The van der Waals surface area contributed by atoms with Crippen LogP contribution in [-0.2, 0) is 6.18 Å². The molecule has 2 nitrogen and oxygen atoms in total. The average molecular weight is 289 g/mol. The maximum atomic E-state index is 13.5. The van der Waals surface area contributed by atoms with Crippen LogP contribution in [-0.4, -0.2) is 19.7 Å². The lowest BCUT2D eigenvalue weighted by molar-refractivity contribution is -0.137. The second-order valence-electron chi connectivity index (χ2n) is 5.83. The highest BCUT2D eigenvalue weighted by Gasteiger charge is 2.48. The summed E-state index contributed by atoms with van der Waals surface area (Å²) in [6, 6.07) is 2.38. The van der Waals surface area contributed by atoms with Crippen LogP contribution in [0.5, 0.6) is 5.75 Å². The molecule has 110 valence electrons. The summed E-state index contributed by atoms with van der Waals surface area (Å²) < 4.78 is 56.0. The summed E-state index contributed by atoms with van der Waals surface area (Å²) in [5.74, 6) is -0.691. The lowest BCUT2D eigenvalue weighted by Crippen LogP contribution is -2.60. The van der Waals surface area contributed by atoms with Crippen molar-refractivity contribution in [2.24, 2.45) is 11.3 Å². The zero-order chi connectivity index (χ0) is 14.4. The molecule has 1 saturated heterocycles. The molecule has 1 saturated carbocycles. The van der Waals surface area contributed by atoms with Gasteiger partial charge in [-0.2, -0.15) is 13.2 Å². The quantitative estimate of drug-likeness (QED) is 0.863. The van der Waals surface area contributed by atoms with E-state index in [1.54, 1.807) is 0 Å². The SMILES string of the molecule is Fc1cc(C(F)(F)F)ccc1OCC1CC2(CNC2)C1. The van der Waals surface area contributed by atoms with Crippen LogP contribution in [0.1, 0.15) is 18.4 Å². The summed E-state index contributed by atoms with van der Waals surface area (Å²) in [5.41, 5.74) is -0.585. The first-order chi connectivity index (χ1) is 9.38. The third-order valence-corrected chi connectivity index (χ3v) is 4.18. The van der Waals surface area contributed by atoms with Gasteiger partial charge in [0.25, 0.3) is 0 Å². The molecule has 0 bridgehead atoms. The molecule has 0 unspecified atom stereocenters. The highest BCUT2D eigenvalue weighted by Crippen LogP contribution is 2.48. The third-order valence-electron chi connectivity index (χ3n) is 4.18. The van der Waals surface area contributed by atoms with Crippen LogP contribution in [0.15, 0.2) is 18.2 Å². The normalized spacial score (nSPS) is 21.4. The van der Waals surface area contributed by atoms with Crippen molar-refractivity contribution < 1.29 is 22.3 Å². The summed E-state index contributed by atoms with van der Waals surface area (Å²) in [7, 11) is 0. The molecule has 0 radical (unpaired) electrons. The Labute approximate surface area is 114 Å². The van der Waals surface area contributed by atoms with E-state index in [-0.39, 0.29) is 5.75 Å². The van der Waals surface area contributed by atoms with Gasteiger partial charge in [-0.3, -0.25) is 0 Å². The molecule has 3 rings (SSSR count). The van der Waals surface area contributed by atoms with Gasteiger partial charge in [0.15, 0.2) is 11.6 Å². The van der Waals surface area contributed by atoms with Crippen molar-refractivity contribution in [2.45, 2.75) is 19.0 Å². The molecule has 0 atom stereocenters. The number of benzene rings is 1. The standard InChI is InChI=1S/C14H15F4NO/c15-11-3-10(14(16,17)18)1-2-12(11)20-6-9-4-13(5-9)7-19-8-13/h1-3,9,19H,4-8H2. The summed E-state index contributed by atoms with van der Waals surface area (Å²) in [6.45, 7) is 2.42. The van der Waals surface area contributed by atoms with Gasteiger partial charge in [0.2, 0.25) is 0 Å². The van der Waals surface area contributed by atoms with E-state index in [4.69, 9.17) is 4.74 Å². The van der Waals surface area contributed by atoms with Gasteiger partial charge in [-0.05, 0) is 42.4 Å². The van der Waals surface area contributed by atoms with Crippen LogP contribution in [0, 0.1) is 17.2 Å². The number of nitrogens with one attached hydrogen (secondary N) is 1. The molecule has 0 aromatic heterocycles. The van der Waals surface area contributed by atoms with E-state index in [0.717, 1.165) is 38.1 Å². The fourth-order valence-electron chi connectivity index (χ4n) is 3.05. The Morgan fingerprint density at radius 2 is 1.95 bits per heavy atom. The van der Waals surface area contributed by atoms with Gasteiger partial charge >= 0.3 is 6.18 Å². The lowest BCUT2D eigenvalue weighted by atomic mass is 9.59. The van der Waals surface area contributed by atoms with Crippen molar-refractivity contribution in [3.8, 4) is 5.75 Å². The molecule has 0 amide bonds. The van der Waals surface area contributed by atoms with Crippen molar-refractivity contribution in [1.82, 2.24) is 5.32 Å². The molecule has 1 aromatic rings. The largest absolute Gasteiger partial charge is 0.490 e. The molecular formula is C14H15F4NO. The number of alkyl halides is 3. The van der Waals surface area contributed by atoms with E-state index in [1.165, 1.54) is 0 Å². The van der Waals surface area contributed by atoms with Crippen molar-refractivity contribution in [2.75, 3.05) is 19.7 Å². The molecule has 2 fully saturated rings. The second kappa shape index (κ2) is 4.62. The Morgan fingerprint density at radius 3 is 2.45 bits per heavy atom. The fourth-order valence-corrected chi connectivity index (χ4v) is 3.05. The van der Waals surface area contributed by atoms with Crippen LogP contribution in [0.3, 0.4) is 0 Å². The van der Waals surface area contributed by atoms with Crippen LogP contribution in [0.4, 0.5) is 17.6 Å². The van der Waals surface area contributed by atoms with E-state index >= 15 is 0 Å². The monoisotopic (exact) mass is 289 g/mol. The molecule has 6 heteroatoms. The van der Waals surface area contributed by atoms with Crippen molar-refractivity contribution in [1.29, 1.82) is 0 Å². The second-order valence-corrected chi connectivity index (χ2v) is 5.83. The molecule has 1 heterocycles. The number of ether oxygens (including phenoxy) is 1.